The highest BCUT2D eigenvalue weighted by Crippen LogP contribution is 2.20. The predicted octanol–water partition coefficient (Wildman–Crippen LogP) is 3.65. The molecule has 16 heavy (non-hydrogen) atoms. The molecule has 0 spiro atoms. The summed E-state index contributed by atoms with van der Waals surface area (Å²) in [6, 6.07) is 10.8. The zero-order valence-corrected chi connectivity index (χ0v) is 12.2. The van der Waals surface area contributed by atoms with Gasteiger partial charge in [-0.25, -0.2) is 0 Å². The second-order valence-electron chi connectivity index (χ2n) is 4.01. The molecule has 0 aromatic heterocycles. The first kappa shape index (κ1) is 13.8. The zero-order valence-electron chi connectivity index (χ0n) is 10.4. The molecule has 0 unspecified atom stereocenters. The number of halogens is 1. The molecule has 1 nitrogen and oxygen atoms in total. The fraction of sp³-hybridized carbons (Fsp3) is 0.538. The lowest BCUT2D eigenvalue weighted by Crippen LogP contribution is -2.40. The normalized spacial score (nSPS) is 11.8. The molecule has 0 aliphatic carbocycles. The van der Waals surface area contributed by atoms with Crippen LogP contribution < -0.4 is 5.19 Å². The molecule has 0 fully saturated rings. The van der Waals surface area contributed by atoms with Crippen LogP contribution in [0.15, 0.2) is 24.3 Å². The molecule has 0 aliphatic rings. The van der Waals surface area contributed by atoms with Gasteiger partial charge in [0, 0.05) is 6.61 Å². The highest BCUT2D eigenvalue weighted by Gasteiger charge is 2.28. The summed E-state index contributed by atoms with van der Waals surface area (Å²) in [6.07, 6.45) is 0. The van der Waals surface area contributed by atoms with Crippen molar-refractivity contribution in [3.63, 3.8) is 0 Å². The molecule has 3 heteroatoms. The number of benzene rings is 1. The van der Waals surface area contributed by atoms with Gasteiger partial charge in [-0.1, -0.05) is 38.1 Å². The Labute approximate surface area is 104 Å². The summed E-state index contributed by atoms with van der Waals surface area (Å²) < 4.78 is 5.38. The minimum Gasteiger partial charge on any atom is -0.377 e. The molecule has 0 radical (unpaired) electrons. The summed E-state index contributed by atoms with van der Waals surface area (Å²) in [5.74, 6) is 0. The number of hydrogen-bond acceptors (Lipinski definition) is 1. The van der Waals surface area contributed by atoms with Crippen molar-refractivity contribution in [1.82, 2.24) is 0 Å². The van der Waals surface area contributed by atoms with Gasteiger partial charge in [-0.05, 0) is 29.8 Å². The van der Waals surface area contributed by atoms with Gasteiger partial charge in [0.05, 0.1) is 6.61 Å². The van der Waals surface area contributed by atoms with E-state index in [1.807, 2.05) is 6.92 Å². The predicted molar refractivity (Wildman–Crippen MR) is 74.0 cm³/mol. The summed E-state index contributed by atoms with van der Waals surface area (Å²) in [5.41, 5.74) is 1.23. The van der Waals surface area contributed by atoms with Crippen molar-refractivity contribution in [2.45, 2.75) is 39.5 Å². The van der Waals surface area contributed by atoms with Gasteiger partial charge in [0.1, 0.15) is 0 Å². The third kappa shape index (κ3) is 3.34. The standard InChI is InChI=1S/C13H21ClOSi/c1-4-15-11-12-7-9-13(10-8-12)16(14,5-2)6-3/h7-10H,4-6,11H2,1-3H3. The van der Waals surface area contributed by atoms with Crippen molar-refractivity contribution in [3.8, 4) is 0 Å². The summed E-state index contributed by atoms with van der Waals surface area (Å²) in [5, 5.41) is 1.35. The summed E-state index contributed by atoms with van der Waals surface area (Å²) >= 11 is 6.70. The van der Waals surface area contributed by atoms with Crippen LogP contribution in [0.4, 0.5) is 0 Å². The number of ether oxygens (including phenoxy) is 1. The van der Waals surface area contributed by atoms with Crippen LogP contribution in [0.5, 0.6) is 0 Å². The lowest BCUT2D eigenvalue weighted by Gasteiger charge is -2.21. The van der Waals surface area contributed by atoms with Crippen molar-refractivity contribution in [2.75, 3.05) is 6.61 Å². The van der Waals surface area contributed by atoms with Gasteiger partial charge in [-0.2, -0.15) is 11.1 Å². The molecule has 0 saturated carbocycles. The maximum atomic E-state index is 6.70. The van der Waals surface area contributed by atoms with Gasteiger partial charge in [-0.3, -0.25) is 0 Å². The Kier molecular flexibility index (Phi) is 5.53. The average Bonchev–Trinajstić information content (AvgIpc) is 2.36. The van der Waals surface area contributed by atoms with Crippen LogP contribution in [-0.2, 0) is 11.3 Å². The molecule has 0 atom stereocenters. The van der Waals surface area contributed by atoms with Crippen LogP contribution in [0.25, 0.3) is 0 Å². The molecular formula is C13H21ClOSi. The van der Waals surface area contributed by atoms with Crippen LogP contribution in [0.2, 0.25) is 12.1 Å². The summed E-state index contributed by atoms with van der Waals surface area (Å²) in [4.78, 5) is 0. The van der Waals surface area contributed by atoms with Crippen molar-refractivity contribution in [3.05, 3.63) is 29.8 Å². The van der Waals surface area contributed by atoms with Gasteiger partial charge in [0.2, 0.25) is 0 Å². The lowest BCUT2D eigenvalue weighted by atomic mass is 10.2. The summed E-state index contributed by atoms with van der Waals surface area (Å²) in [7, 11) is -1.70. The second kappa shape index (κ2) is 6.43. The van der Waals surface area contributed by atoms with Gasteiger partial charge in [-0.15, -0.1) is 0 Å². The van der Waals surface area contributed by atoms with Crippen molar-refractivity contribution in [2.24, 2.45) is 0 Å². The Morgan fingerprint density at radius 1 is 1.06 bits per heavy atom. The third-order valence-electron chi connectivity index (χ3n) is 3.06. The molecular weight excluding hydrogens is 236 g/mol. The van der Waals surface area contributed by atoms with Crippen LogP contribution >= 0.6 is 11.1 Å². The Hall–Kier alpha value is -0.313. The Morgan fingerprint density at radius 2 is 1.62 bits per heavy atom. The van der Waals surface area contributed by atoms with E-state index in [0.29, 0.717) is 6.61 Å². The molecule has 90 valence electrons. The SMILES string of the molecule is CCOCc1ccc([Si](Cl)(CC)CC)cc1. The highest BCUT2D eigenvalue weighted by atomic mass is 35.6. The molecule has 0 amide bonds. The van der Waals surface area contributed by atoms with E-state index in [1.54, 1.807) is 0 Å². The Balaban J connectivity index is 2.77. The van der Waals surface area contributed by atoms with E-state index < -0.39 is 7.38 Å². The smallest absolute Gasteiger partial charge is 0.186 e. The van der Waals surface area contributed by atoms with Crippen LogP contribution in [0, 0.1) is 0 Å². The van der Waals surface area contributed by atoms with Crippen molar-refractivity contribution >= 4 is 23.6 Å². The average molecular weight is 257 g/mol. The molecule has 1 aromatic rings. The van der Waals surface area contributed by atoms with E-state index in [2.05, 4.69) is 38.1 Å². The minimum absolute atomic E-state index is 0.700. The van der Waals surface area contributed by atoms with Gasteiger partial charge in [0.25, 0.3) is 0 Å². The Bertz CT molecular complexity index is 306. The van der Waals surface area contributed by atoms with E-state index in [9.17, 15) is 0 Å². The van der Waals surface area contributed by atoms with Gasteiger partial charge < -0.3 is 4.74 Å². The molecule has 0 saturated heterocycles. The lowest BCUT2D eigenvalue weighted by molar-refractivity contribution is 0.134. The fourth-order valence-electron chi connectivity index (χ4n) is 1.78. The molecule has 0 heterocycles. The van der Waals surface area contributed by atoms with Crippen LogP contribution in [-0.4, -0.2) is 14.0 Å². The largest absolute Gasteiger partial charge is 0.377 e. The van der Waals surface area contributed by atoms with E-state index in [0.717, 1.165) is 18.7 Å². The first-order valence-corrected chi connectivity index (χ1v) is 9.45. The second-order valence-corrected chi connectivity index (χ2v) is 10.1. The first-order valence-electron chi connectivity index (χ1n) is 6.02. The fourth-order valence-corrected chi connectivity index (χ4v) is 4.24. The Morgan fingerprint density at radius 3 is 2.06 bits per heavy atom. The monoisotopic (exact) mass is 256 g/mol. The highest BCUT2D eigenvalue weighted by molar-refractivity contribution is 7.27. The minimum atomic E-state index is -1.70. The molecule has 0 N–H and O–H groups in total. The topological polar surface area (TPSA) is 9.23 Å². The van der Waals surface area contributed by atoms with Crippen LogP contribution in [0.1, 0.15) is 26.3 Å². The molecule has 0 bridgehead atoms. The molecule has 0 aliphatic heterocycles. The third-order valence-corrected chi connectivity index (χ3v) is 8.93. The zero-order chi connectivity index (χ0) is 12.0. The van der Waals surface area contributed by atoms with Crippen molar-refractivity contribution in [1.29, 1.82) is 0 Å². The molecule has 1 aromatic carbocycles. The van der Waals surface area contributed by atoms with Gasteiger partial charge >= 0.3 is 0 Å². The maximum Gasteiger partial charge on any atom is 0.186 e. The summed E-state index contributed by atoms with van der Waals surface area (Å²) in [6.45, 7) is 7.86. The number of hydrogen-bond donors (Lipinski definition) is 0. The molecule has 1 rings (SSSR count). The quantitative estimate of drug-likeness (QED) is 0.558. The number of rotatable bonds is 6. The maximum absolute atomic E-state index is 6.70. The van der Waals surface area contributed by atoms with E-state index in [-0.39, 0.29) is 0 Å². The van der Waals surface area contributed by atoms with Crippen molar-refractivity contribution < 1.29 is 4.74 Å². The van der Waals surface area contributed by atoms with Crippen LogP contribution in [0.3, 0.4) is 0 Å². The first-order chi connectivity index (χ1) is 7.66. The van der Waals surface area contributed by atoms with Gasteiger partial charge in [0.15, 0.2) is 7.38 Å². The van der Waals surface area contributed by atoms with E-state index in [4.69, 9.17) is 15.8 Å². The van der Waals surface area contributed by atoms with E-state index in [1.165, 1.54) is 10.8 Å². The van der Waals surface area contributed by atoms with E-state index >= 15 is 0 Å².